The van der Waals surface area contributed by atoms with Gasteiger partial charge < -0.3 is 15.7 Å². The van der Waals surface area contributed by atoms with Crippen LogP contribution in [0.2, 0.25) is 0 Å². The van der Waals surface area contributed by atoms with E-state index < -0.39 is 11.9 Å². The second kappa shape index (κ2) is 9.70. The molecule has 1 aromatic carbocycles. The maximum atomic E-state index is 11.8. The number of hydrogen-bond acceptors (Lipinski definition) is 5. The molecule has 2 aromatic rings. The van der Waals surface area contributed by atoms with Gasteiger partial charge in [-0.2, -0.15) is 5.26 Å². The molecule has 2 atom stereocenters. The van der Waals surface area contributed by atoms with Crippen molar-refractivity contribution < 1.29 is 14.7 Å². The summed E-state index contributed by atoms with van der Waals surface area (Å²) >= 11 is 0. The summed E-state index contributed by atoms with van der Waals surface area (Å²) in [4.78, 5) is 27.7. The number of carboxylic acid groups (broad SMARTS) is 1. The predicted octanol–water partition coefficient (Wildman–Crippen LogP) is 3.99. The van der Waals surface area contributed by atoms with E-state index in [1.807, 2.05) is 49.4 Å². The van der Waals surface area contributed by atoms with Gasteiger partial charge in [0.2, 0.25) is 5.91 Å². The average molecular weight is 404 g/mol. The molecule has 0 fully saturated rings. The second-order valence-corrected chi connectivity index (χ2v) is 7.32. The fourth-order valence-electron chi connectivity index (χ4n) is 3.63. The number of aromatic nitrogens is 1. The molecule has 1 heterocycles. The van der Waals surface area contributed by atoms with E-state index in [0.717, 1.165) is 23.1 Å². The number of nitriles is 1. The first-order valence-electron chi connectivity index (χ1n) is 9.82. The number of pyridine rings is 1. The number of aryl methyl sites for hydroxylation is 1. The van der Waals surface area contributed by atoms with E-state index in [9.17, 15) is 14.7 Å². The summed E-state index contributed by atoms with van der Waals surface area (Å²) in [7, 11) is 0. The number of amides is 1. The molecule has 0 radical (unpaired) electrons. The van der Waals surface area contributed by atoms with Gasteiger partial charge in [0.05, 0.1) is 17.7 Å². The van der Waals surface area contributed by atoms with Gasteiger partial charge in [0, 0.05) is 18.7 Å². The summed E-state index contributed by atoms with van der Waals surface area (Å²) in [5, 5.41) is 24.1. The number of benzene rings is 1. The Morgan fingerprint density at radius 1 is 1.20 bits per heavy atom. The highest BCUT2D eigenvalue weighted by Gasteiger charge is 2.29. The summed E-state index contributed by atoms with van der Waals surface area (Å²) in [6.07, 6.45) is 6.71. The summed E-state index contributed by atoms with van der Waals surface area (Å²) in [5.74, 6) is -1.01. The molecule has 3 N–H and O–H groups in total. The van der Waals surface area contributed by atoms with Crippen LogP contribution in [0.1, 0.15) is 41.9 Å². The number of nitrogens with one attached hydrogen (secondary N) is 2. The van der Waals surface area contributed by atoms with E-state index in [0.29, 0.717) is 24.5 Å². The van der Waals surface area contributed by atoms with Crippen molar-refractivity contribution in [3.8, 4) is 6.07 Å². The Kier molecular flexibility index (Phi) is 6.81. The lowest BCUT2D eigenvalue weighted by Gasteiger charge is -2.25. The third-order valence-corrected chi connectivity index (χ3v) is 5.28. The van der Waals surface area contributed by atoms with Crippen LogP contribution in [0.25, 0.3) is 0 Å². The quantitative estimate of drug-likeness (QED) is 0.601. The zero-order valence-corrected chi connectivity index (χ0v) is 16.8. The van der Waals surface area contributed by atoms with Crippen LogP contribution in [-0.4, -0.2) is 22.0 Å². The number of allylic oxidation sites excluding steroid dienone is 2. The van der Waals surface area contributed by atoms with Crippen LogP contribution < -0.4 is 10.6 Å². The lowest BCUT2D eigenvalue weighted by molar-refractivity contribution is -0.142. The summed E-state index contributed by atoms with van der Waals surface area (Å²) in [6.45, 7) is 2.35. The number of aliphatic carboxylic acids is 1. The molecular formula is C23H24N4O3. The van der Waals surface area contributed by atoms with Crippen LogP contribution >= 0.6 is 0 Å². The van der Waals surface area contributed by atoms with Crippen molar-refractivity contribution in [2.45, 2.75) is 38.6 Å². The van der Waals surface area contributed by atoms with Gasteiger partial charge >= 0.3 is 5.97 Å². The normalized spacial score (nSPS) is 17.7. The van der Waals surface area contributed by atoms with Gasteiger partial charge in [0.1, 0.15) is 12.2 Å². The minimum absolute atomic E-state index is 0.0186. The number of carbonyl (C=O) groups is 2. The lowest BCUT2D eigenvalue weighted by atomic mass is 9.78. The average Bonchev–Trinajstić information content (AvgIpc) is 2.75. The number of hydrogen-bond donors (Lipinski definition) is 3. The third-order valence-electron chi connectivity index (χ3n) is 5.28. The van der Waals surface area contributed by atoms with Crippen LogP contribution in [0, 0.1) is 24.2 Å². The van der Waals surface area contributed by atoms with Crippen LogP contribution in [0.15, 0.2) is 48.7 Å². The maximum Gasteiger partial charge on any atom is 0.307 e. The Morgan fingerprint density at radius 3 is 2.63 bits per heavy atom. The standard InChI is InChI=1S/C23H24N4O3/c1-15-11-13-25-22(21(15)27-20(28)10-12-24)26-14-16-6-8-17(9-7-16)18-4-2-3-5-19(18)23(29)30/h2-3,6-9,11,13,18-19H,4-5,10,14H2,1H3,(H,25,26)(H,27,28)(H,29,30)/t18-,19+/m0/s1. The van der Waals surface area contributed by atoms with Crippen LogP contribution in [-0.2, 0) is 16.1 Å². The highest BCUT2D eigenvalue weighted by molar-refractivity contribution is 5.95. The zero-order chi connectivity index (χ0) is 21.5. The molecule has 30 heavy (non-hydrogen) atoms. The molecule has 0 saturated carbocycles. The molecule has 7 heteroatoms. The van der Waals surface area contributed by atoms with Gasteiger partial charge in [0.15, 0.2) is 0 Å². The van der Waals surface area contributed by atoms with E-state index in [2.05, 4.69) is 15.6 Å². The van der Waals surface area contributed by atoms with Gasteiger partial charge in [-0.15, -0.1) is 0 Å². The van der Waals surface area contributed by atoms with E-state index in [4.69, 9.17) is 5.26 Å². The number of rotatable bonds is 7. The Balaban J connectivity index is 1.69. The molecular weight excluding hydrogens is 380 g/mol. The molecule has 1 aromatic heterocycles. The predicted molar refractivity (Wildman–Crippen MR) is 114 cm³/mol. The van der Waals surface area contributed by atoms with Crippen molar-refractivity contribution in [1.82, 2.24) is 4.98 Å². The first-order chi connectivity index (χ1) is 14.5. The smallest absolute Gasteiger partial charge is 0.307 e. The fourth-order valence-corrected chi connectivity index (χ4v) is 3.63. The Labute approximate surface area is 175 Å². The van der Waals surface area contributed by atoms with Gasteiger partial charge in [-0.3, -0.25) is 9.59 Å². The van der Waals surface area contributed by atoms with Crippen molar-refractivity contribution in [3.63, 3.8) is 0 Å². The Morgan fingerprint density at radius 2 is 1.93 bits per heavy atom. The molecule has 154 valence electrons. The van der Waals surface area contributed by atoms with Gasteiger partial charge in [0.25, 0.3) is 0 Å². The van der Waals surface area contributed by atoms with E-state index in [1.165, 1.54) is 0 Å². The molecule has 1 amide bonds. The lowest BCUT2D eigenvalue weighted by Crippen LogP contribution is -2.23. The molecule has 1 aliphatic carbocycles. The number of carboxylic acids is 1. The van der Waals surface area contributed by atoms with Gasteiger partial charge in [-0.1, -0.05) is 36.4 Å². The van der Waals surface area contributed by atoms with E-state index in [-0.39, 0.29) is 18.2 Å². The molecule has 7 nitrogen and oxygen atoms in total. The van der Waals surface area contributed by atoms with E-state index >= 15 is 0 Å². The first-order valence-corrected chi connectivity index (χ1v) is 9.82. The Bertz CT molecular complexity index is 992. The fraction of sp³-hybridized carbons (Fsp3) is 0.304. The Hall–Kier alpha value is -3.66. The SMILES string of the molecule is Cc1ccnc(NCc2ccc([C@@H]3CC=CC[C@H]3C(=O)O)cc2)c1NC(=O)CC#N. The van der Waals surface area contributed by atoms with Crippen molar-refractivity contribution in [1.29, 1.82) is 5.26 Å². The van der Waals surface area contributed by atoms with Crippen molar-refractivity contribution in [2.75, 3.05) is 10.6 Å². The zero-order valence-electron chi connectivity index (χ0n) is 16.8. The number of nitrogens with zero attached hydrogens (tertiary/aromatic N) is 2. The summed E-state index contributed by atoms with van der Waals surface area (Å²) in [6, 6.07) is 11.5. The molecule has 0 bridgehead atoms. The monoisotopic (exact) mass is 404 g/mol. The second-order valence-electron chi connectivity index (χ2n) is 7.32. The van der Waals surface area contributed by atoms with Crippen molar-refractivity contribution in [2.24, 2.45) is 5.92 Å². The summed E-state index contributed by atoms with van der Waals surface area (Å²) in [5.41, 5.74) is 3.44. The maximum absolute atomic E-state index is 11.8. The highest BCUT2D eigenvalue weighted by atomic mass is 16.4. The largest absolute Gasteiger partial charge is 0.481 e. The highest BCUT2D eigenvalue weighted by Crippen LogP contribution is 2.35. The van der Waals surface area contributed by atoms with Crippen LogP contribution in [0.5, 0.6) is 0 Å². The molecule has 0 spiro atoms. The molecule has 0 saturated heterocycles. The van der Waals surface area contributed by atoms with Gasteiger partial charge in [-0.05, 0) is 42.5 Å². The van der Waals surface area contributed by atoms with Crippen LogP contribution in [0.3, 0.4) is 0 Å². The number of anilines is 2. The minimum atomic E-state index is -0.758. The minimum Gasteiger partial charge on any atom is -0.481 e. The summed E-state index contributed by atoms with van der Waals surface area (Å²) < 4.78 is 0. The van der Waals surface area contributed by atoms with Crippen molar-refractivity contribution >= 4 is 23.4 Å². The third kappa shape index (κ3) is 5.03. The molecule has 3 rings (SSSR count). The number of carbonyl (C=O) groups excluding carboxylic acids is 1. The van der Waals surface area contributed by atoms with E-state index in [1.54, 1.807) is 12.3 Å². The van der Waals surface area contributed by atoms with Crippen molar-refractivity contribution in [3.05, 3.63) is 65.4 Å². The van der Waals surface area contributed by atoms with Gasteiger partial charge in [-0.25, -0.2) is 4.98 Å². The first kappa shape index (κ1) is 21.1. The molecule has 0 aliphatic heterocycles. The van der Waals surface area contributed by atoms with Crippen LogP contribution in [0.4, 0.5) is 11.5 Å². The topological polar surface area (TPSA) is 115 Å². The molecule has 0 unspecified atom stereocenters. The molecule has 1 aliphatic rings.